The van der Waals surface area contributed by atoms with Crippen LogP contribution in [0.5, 0.6) is 0 Å². The summed E-state index contributed by atoms with van der Waals surface area (Å²) in [6.45, 7) is 5.42. The summed E-state index contributed by atoms with van der Waals surface area (Å²) in [6, 6.07) is 7.40. The van der Waals surface area contributed by atoms with Gasteiger partial charge in [0.2, 0.25) is 0 Å². The zero-order valence-corrected chi connectivity index (χ0v) is 12.5. The van der Waals surface area contributed by atoms with Gasteiger partial charge in [-0.05, 0) is 57.6 Å². The molecule has 4 heteroatoms. The lowest BCUT2D eigenvalue weighted by Gasteiger charge is -2.31. The predicted molar refractivity (Wildman–Crippen MR) is 81.7 cm³/mol. The van der Waals surface area contributed by atoms with E-state index in [2.05, 4.69) is 47.4 Å². The Morgan fingerprint density at radius 2 is 2.16 bits per heavy atom. The van der Waals surface area contributed by atoms with E-state index >= 15 is 0 Å². The third-order valence-corrected chi connectivity index (χ3v) is 4.86. The molecule has 3 nitrogen and oxygen atoms in total. The van der Waals surface area contributed by atoms with E-state index in [9.17, 15) is 0 Å². The van der Waals surface area contributed by atoms with Gasteiger partial charge in [0.15, 0.2) is 0 Å². The van der Waals surface area contributed by atoms with Crippen molar-refractivity contribution in [2.24, 2.45) is 0 Å². The minimum Gasteiger partial charge on any atom is -0.317 e. The largest absolute Gasteiger partial charge is 0.317 e. The van der Waals surface area contributed by atoms with Gasteiger partial charge in [0, 0.05) is 12.6 Å². The highest BCUT2D eigenvalue weighted by atomic mass is 32.1. The molecular formula is C15H21N3S. The van der Waals surface area contributed by atoms with Crippen LogP contribution in [0.15, 0.2) is 18.2 Å². The molecule has 1 aliphatic rings. The molecule has 1 N–H and O–H groups in total. The summed E-state index contributed by atoms with van der Waals surface area (Å²) >= 11 is 1.79. The highest BCUT2D eigenvalue weighted by Crippen LogP contribution is 2.23. The lowest BCUT2D eigenvalue weighted by atomic mass is 10.0. The summed E-state index contributed by atoms with van der Waals surface area (Å²) in [7, 11) is 2.25. The van der Waals surface area contributed by atoms with Gasteiger partial charge >= 0.3 is 0 Å². The number of nitrogens with one attached hydrogen (secondary N) is 1. The van der Waals surface area contributed by atoms with Crippen molar-refractivity contribution in [2.75, 3.05) is 20.1 Å². The van der Waals surface area contributed by atoms with Gasteiger partial charge in [-0.25, -0.2) is 4.98 Å². The molecule has 0 unspecified atom stereocenters. The summed E-state index contributed by atoms with van der Waals surface area (Å²) in [6.07, 6.45) is 2.52. The van der Waals surface area contributed by atoms with Gasteiger partial charge in [-0.3, -0.25) is 4.90 Å². The Labute approximate surface area is 118 Å². The van der Waals surface area contributed by atoms with Crippen molar-refractivity contribution in [1.82, 2.24) is 15.2 Å². The Balaban J connectivity index is 1.72. The average molecular weight is 275 g/mol. The lowest BCUT2D eigenvalue weighted by molar-refractivity contribution is 0.192. The van der Waals surface area contributed by atoms with Gasteiger partial charge in [-0.15, -0.1) is 11.3 Å². The maximum atomic E-state index is 4.52. The molecule has 19 heavy (non-hydrogen) atoms. The Bertz CT molecular complexity index is 558. The van der Waals surface area contributed by atoms with Crippen LogP contribution in [0.4, 0.5) is 0 Å². The number of aromatic nitrogens is 1. The standard InChI is InChI=1S/C15H21N3S/c1-11-17-14-4-3-12(9-15(14)19-11)10-18(2)13-5-7-16-8-6-13/h3-4,9,13,16H,5-8,10H2,1-2H3. The quantitative estimate of drug-likeness (QED) is 0.933. The number of benzene rings is 1. The number of rotatable bonds is 3. The van der Waals surface area contributed by atoms with Crippen molar-refractivity contribution in [1.29, 1.82) is 0 Å². The molecule has 1 saturated heterocycles. The normalized spacial score (nSPS) is 17.4. The van der Waals surface area contributed by atoms with Gasteiger partial charge in [0.25, 0.3) is 0 Å². The number of hydrogen-bond acceptors (Lipinski definition) is 4. The molecule has 3 rings (SSSR count). The second-order valence-electron chi connectivity index (χ2n) is 5.43. The zero-order valence-electron chi connectivity index (χ0n) is 11.6. The van der Waals surface area contributed by atoms with E-state index in [0.29, 0.717) is 0 Å². The fourth-order valence-electron chi connectivity index (χ4n) is 2.85. The van der Waals surface area contributed by atoms with Gasteiger partial charge in [0.05, 0.1) is 15.2 Å². The number of thiazole rings is 1. The van der Waals surface area contributed by atoms with E-state index in [1.54, 1.807) is 11.3 Å². The smallest absolute Gasteiger partial charge is 0.0907 e. The van der Waals surface area contributed by atoms with Crippen LogP contribution in [-0.2, 0) is 6.54 Å². The molecule has 0 aliphatic carbocycles. The number of nitrogens with zero attached hydrogens (tertiary/aromatic N) is 2. The molecule has 0 amide bonds. The van der Waals surface area contributed by atoms with Crippen molar-refractivity contribution >= 4 is 21.6 Å². The maximum absolute atomic E-state index is 4.52. The first kappa shape index (κ1) is 13.0. The van der Waals surface area contributed by atoms with E-state index in [4.69, 9.17) is 0 Å². The molecular weight excluding hydrogens is 254 g/mol. The van der Waals surface area contributed by atoms with Crippen LogP contribution < -0.4 is 5.32 Å². The molecule has 1 fully saturated rings. The van der Waals surface area contributed by atoms with Crippen molar-refractivity contribution in [3.8, 4) is 0 Å². The van der Waals surface area contributed by atoms with E-state index in [1.807, 2.05) is 0 Å². The van der Waals surface area contributed by atoms with Crippen molar-refractivity contribution in [3.05, 3.63) is 28.8 Å². The minimum atomic E-state index is 0.722. The number of aryl methyl sites for hydroxylation is 1. The van der Waals surface area contributed by atoms with Crippen LogP contribution in [-0.4, -0.2) is 36.1 Å². The molecule has 0 radical (unpaired) electrons. The van der Waals surface area contributed by atoms with Crippen molar-refractivity contribution in [2.45, 2.75) is 32.4 Å². The van der Waals surface area contributed by atoms with E-state index < -0.39 is 0 Å². The van der Waals surface area contributed by atoms with Crippen molar-refractivity contribution < 1.29 is 0 Å². The molecule has 0 spiro atoms. The van der Waals surface area contributed by atoms with Gasteiger partial charge in [-0.1, -0.05) is 6.07 Å². The molecule has 0 saturated carbocycles. The number of piperidine rings is 1. The fourth-order valence-corrected chi connectivity index (χ4v) is 3.74. The fraction of sp³-hybridized carbons (Fsp3) is 0.533. The molecule has 102 valence electrons. The number of fused-ring (bicyclic) bond motifs is 1. The van der Waals surface area contributed by atoms with Crippen molar-refractivity contribution in [3.63, 3.8) is 0 Å². The summed E-state index contributed by atoms with van der Waals surface area (Å²) in [5, 5.41) is 4.58. The van der Waals surface area contributed by atoms with E-state index in [-0.39, 0.29) is 0 Å². The Kier molecular flexibility index (Phi) is 3.82. The van der Waals surface area contributed by atoms with Crippen LogP contribution in [0.25, 0.3) is 10.2 Å². The molecule has 1 aromatic carbocycles. The summed E-state index contributed by atoms with van der Waals surface area (Å²) < 4.78 is 1.31. The second kappa shape index (κ2) is 5.57. The molecule has 1 aliphatic heterocycles. The zero-order chi connectivity index (χ0) is 13.2. The summed E-state index contributed by atoms with van der Waals surface area (Å²) in [4.78, 5) is 7.02. The lowest BCUT2D eigenvalue weighted by Crippen LogP contribution is -2.40. The van der Waals surface area contributed by atoms with Crippen LogP contribution >= 0.6 is 11.3 Å². The average Bonchev–Trinajstić information content (AvgIpc) is 2.79. The topological polar surface area (TPSA) is 28.2 Å². The van der Waals surface area contributed by atoms with Crippen LogP contribution in [0.2, 0.25) is 0 Å². The molecule has 1 aromatic heterocycles. The Morgan fingerprint density at radius 1 is 1.37 bits per heavy atom. The van der Waals surface area contributed by atoms with Gasteiger partial charge < -0.3 is 5.32 Å². The second-order valence-corrected chi connectivity index (χ2v) is 6.67. The van der Waals surface area contributed by atoms with E-state index in [1.165, 1.54) is 23.1 Å². The molecule has 2 heterocycles. The van der Waals surface area contributed by atoms with Crippen LogP contribution in [0, 0.1) is 6.92 Å². The summed E-state index contributed by atoms with van der Waals surface area (Å²) in [5.74, 6) is 0. The van der Waals surface area contributed by atoms with Gasteiger partial charge in [-0.2, -0.15) is 0 Å². The third kappa shape index (κ3) is 2.96. The Morgan fingerprint density at radius 3 is 2.95 bits per heavy atom. The monoisotopic (exact) mass is 275 g/mol. The predicted octanol–water partition coefficient (Wildman–Crippen LogP) is 2.79. The highest BCUT2D eigenvalue weighted by Gasteiger charge is 2.17. The molecule has 0 atom stereocenters. The third-order valence-electron chi connectivity index (χ3n) is 3.92. The number of hydrogen-bond donors (Lipinski definition) is 1. The first-order valence-corrected chi connectivity index (χ1v) is 7.81. The van der Waals surface area contributed by atoms with Crippen LogP contribution in [0.3, 0.4) is 0 Å². The molecule has 0 bridgehead atoms. The van der Waals surface area contributed by atoms with Gasteiger partial charge in [0.1, 0.15) is 0 Å². The van der Waals surface area contributed by atoms with Crippen LogP contribution in [0.1, 0.15) is 23.4 Å². The summed E-state index contributed by atoms with van der Waals surface area (Å²) in [5.41, 5.74) is 2.54. The maximum Gasteiger partial charge on any atom is 0.0907 e. The van der Waals surface area contributed by atoms with E-state index in [0.717, 1.165) is 36.2 Å². The SMILES string of the molecule is Cc1nc2ccc(CN(C)C3CCNCC3)cc2s1. The highest BCUT2D eigenvalue weighted by molar-refractivity contribution is 7.18. The first-order valence-electron chi connectivity index (χ1n) is 6.99. The Hall–Kier alpha value is -0.970. The molecule has 2 aromatic rings. The minimum absolute atomic E-state index is 0.722. The first-order chi connectivity index (χ1) is 9.22.